The Labute approximate surface area is 385 Å². The monoisotopic (exact) mass is 904 g/mol. The maximum Gasteiger partial charge on any atom is 0.275 e. The van der Waals surface area contributed by atoms with Gasteiger partial charge in [-0.15, -0.1) is 5.10 Å². The van der Waals surface area contributed by atoms with Crippen molar-refractivity contribution in [1.29, 1.82) is 0 Å². The number of hydrogen-bond acceptors (Lipinski definition) is 16. The van der Waals surface area contributed by atoms with Crippen molar-refractivity contribution in [3.8, 4) is 22.4 Å². The zero-order valence-corrected chi connectivity index (χ0v) is 37.4. The summed E-state index contributed by atoms with van der Waals surface area (Å²) in [5.74, 6) is 0.564. The van der Waals surface area contributed by atoms with Crippen LogP contribution in [0.2, 0.25) is 0 Å². The summed E-state index contributed by atoms with van der Waals surface area (Å²) in [7, 11) is 1.86. The van der Waals surface area contributed by atoms with Gasteiger partial charge < -0.3 is 14.5 Å². The molecule has 1 unspecified atom stereocenters. The number of aromatic nitrogens is 11. The highest BCUT2D eigenvalue weighted by Gasteiger charge is 2.31. The van der Waals surface area contributed by atoms with Gasteiger partial charge in [0.15, 0.2) is 5.65 Å². The van der Waals surface area contributed by atoms with E-state index in [0.29, 0.717) is 60.5 Å². The largest absolute Gasteiger partial charge is 0.373 e. The Kier molecular flexibility index (Phi) is 11.7. The number of amides is 2. The first-order chi connectivity index (χ1) is 32.8. The number of rotatable bonds is 11. The van der Waals surface area contributed by atoms with Crippen LogP contribution in [0.3, 0.4) is 0 Å². The van der Waals surface area contributed by atoms with E-state index in [-0.39, 0.29) is 30.4 Å². The maximum atomic E-state index is 13.3. The molecule has 11 rings (SSSR count). The zero-order valence-electron chi connectivity index (χ0n) is 37.4. The van der Waals surface area contributed by atoms with Gasteiger partial charge in [0.25, 0.3) is 11.5 Å². The molecule has 9 heterocycles. The molecular weight excluding hydrogens is 853 g/mol. The SMILES string of the molecule is Cn1cc(-c2cnc3c(nnn3C[C@@H]3CN(c4ncc(-c5ccc(CN6CCC(CN7CCN(c8ccc9c(=O)n(C%10CCC(=O)NC%10=O)ncc9c8)CC7)CC6)cc5)cn4)CCO3)n2)cn1. The van der Waals surface area contributed by atoms with Crippen LogP contribution in [-0.4, -0.2) is 148 Å². The summed E-state index contributed by atoms with van der Waals surface area (Å²) in [6.07, 6.45) is 13.5. The first-order valence-corrected chi connectivity index (χ1v) is 23.1. The van der Waals surface area contributed by atoms with Gasteiger partial charge in [-0.1, -0.05) is 29.5 Å². The van der Waals surface area contributed by atoms with Gasteiger partial charge in [-0.2, -0.15) is 10.2 Å². The summed E-state index contributed by atoms with van der Waals surface area (Å²) in [5.41, 5.74) is 6.79. The first kappa shape index (κ1) is 42.6. The average molecular weight is 905 g/mol. The van der Waals surface area contributed by atoms with Crippen LogP contribution in [0.5, 0.6) is 0 Å². The number of morpholine rings is 1. The third-order valence-corrected chi connectivity index (χ3v) is 13.6. The molecule has 344 valence electrons. The van der Waals surface area contributed by atoms with Gasteiger partial charge in [0.1, 0.15) is 6.04 Å². The van der Waals surface area contributed by atoms with Gasteiger partial charge in [0.2, 0.25) is 17.5 Å². The fourth-order valence-corrected chi connectivity index (χ4v) is 9.84. The van der Waals surface area contributed by atoms with Crippen molar-refractivity contribution in [2.45, 2.75) is 50.9 Å². The van der Waals surface area contributed by atoms with E-state index in [9.17, 15) is 14.4 Å². The molecule has 2 atom stereocenters. The topological polar surface area (TPSA) is 203 Å². The lowest BCUT2D eigenvalue weighted by atomic mass is 9.95. The van der Waals surface area contributed by atoms with Crippen molar-refractivity contribution in [3.63, 3.8) is 0 Å². The Balaban J connectivity index is 0.622. The summed E-state index contributed by atoms with van der Waals surface area (Å²) >= 11 is 0. The molecule has 4 saturated heterocycles. The molecular formula is C47H52N16O4. The quantitative estimate of drug-likeness (QED) is 0.186. The molecule has 0 spiro atoms. The lowest BCUT2D eigenvalue weighted by Crippen LogP contribution is -2.48. The van der Waals surface area contributed by atoms with E-state index in [1.54, 1.807) is 28.0 Å². The second-order valence-corrected chi connectivity index (χ2v) is 18.1. The van der Waals surface area contributed by atoms with E-state index < -0.39 is 11.9 Å². The number of carbonyl (C=O) groups is 2. The molecule has 1 N–H and O–H groups in total. The number of ether oxygens (including phenoxy) is 1. The van der Waals surface area contributed by atoms with Crippen LogP contribution >= 0.6 is 0 Å². The Morgan fingerprint density at radius 1 is 0.761 bits per heavy atom. The molecule has 20 heteroatoms. The Bertz CT molecular complexity index is 2970. The Hall–Kier alpha value is -7.03. The number of fused-ring (bicyclic) bond motifs is 2. The summed E-state index contributed by atoms with van der Waals surface area (Å²) < 4.78 is 10.8. The maximum absolute atomic E-state index is 13.3. The van der Waals surface area contributed by atoms with Gasteiger partial charge in [-0.05, 0) is 67.6 Å². The molecule has 2 aromatic carbocycles. The smallest absolute Gasteiger partial charge is 0.275 e. The number of piperidine rings is 2. The molecule has 4 fully saturated rings. The second kappa shape index (κ2) is 18.3. The predicted molar refractivity (Wildman–Crippen MR) is 249 cm³/mol. The normalized spacial score (nSPS) is 20.3. The van der Waals surface area contributed by atoms with E-state index in [0.717, 1.165) is 80.1 Å². The van der Waals surface area contributed by atoms with Crippen molar-refractivity contribution in [2.24, 2.45) is 13.0 Å². The van der Waals surface area contributed by atoms with Crippen molar-refractivity contribution in [2.75, 3.05) is 75.3 Å². The molecule has 2 amide bonds. The molecule has 0 radical (unpaired) electrons. The van der Waals surface area contributed by atoms with Crippen molar-refractivity contribution in [3.05, 3.63) is 95.6 Å². The van der Waals surface area contributed by atoms with Gasteiger partial charge in [0, 0.05) is 107 Å². The van der Waals surface area contributed by atoms with Gasteiger partial charge in [-0.25, -0.2) is 29.3 Å². The van der Waals surface area contributed by atoms with Crippen LogP contribution in [0, 0.1) is 5.92 Å². The lowest BCUT2D eigenvalue weighted by molar-refractivity contribution is -0.136. The third-order valence-electron chi connectivity index (χ3n) is 13.6. The number of anilines is 2. The average Bonchev–Trinajstić information content (AvgIpc) is 3.98. The number of likely N-dealkylation sites (tertiary alicyclic amines) is 1. The van der Waals surface area contributed by atoms with E-state index in [1.807, 2.05) is 43.8 Å². The van der Waals surface area contributed by atoms with Crippen molar-refractivity contribution >= 4 is 45.5 Å². The molecule has 4 aliphatic heterocycles. The van der Waals surface area contributed by atoms with Crippen LogP contribution in [0.1, 0.15) is 37.3 Å². The van der Waals surface area contributed by atoms with E-state index >= 15 is 0 Å². The predicted octanol–water partition coefficient (Wildman–Crippen LogP) is 2.71. The fourth-order valence-electron chi connectivity index (χ4n) is 9.84. The zero-order chi connectivity index (χ0) is 45.4. The molecule has 20 nitrogen and oxygen atoms in total. The van der Waals surface area contributed by atoms with Crippen LogP contribution in [-0.2, 0) is 34.5 Å². The Morgan fingerprint density at radius 2 is 1.58 bits per heavy atom. The minimum absolute atomic E-state index is 0.145. The van der Waals surface area contributed by atoms with E-state index in [1.165, 1.54) is 23.1 Å². The third kappa shape index (κ3) is 9.11. The number of imide groups is 1. The van der Waals surface area contributed by atoms with Crippen LogP contribution < -0.4 is 20.7 Å². The first-order valence-electron chi connectivity index (χ1n) is 23.1. The Morgan fingerprint density at radius 3 is 2.36 bits per heavy atom. The van der Waals surface area contributed by atoms with Crippen LogP contribution in [0.4, 0.5) is 11.6 Å². The van der Waals surface area contributed by atoms with Crippen molar-refractivity contribution in [1.82, 2.24) is 69.6 Å². The lowest BCUT2D eigenvalue weighted by Gasteiger charge is -2.39. The fraction of sp³-hybridized carbons (Fsp3) is 0.426. The van der Waals surface area contributed by atoms with Gasteiger partial charge in [0.05, 0.1) is 48.9 Å². The number of piperazine rings is 1. The molecule has 0 saturated carbocycles. The number of nitrogens with one attached hydrogen (secondary N) is 1. The number of hydrogen-bond donors (Lipinski definition) is 1. The molecule has 7 aromatic rings. The van der Waals surface area contributed by atoms with Gasteiger partial charge in [-0.3, -0.25) is 34.2 Å². The number of benzene rings is 2. The highest BCUT2D eigenvalue weighted by Crippen LogP contribution is 2.27. The second-order valence-electron chi connectivity index (χ2n) is 18.1. The number of carbonyl (C=O) groups excluding carboxylic acids is 2. The molecule has 5 aromatic heterocycles. The van der Waals surface area contributed by atoms with Crippen LogP contribution in [0.25, 0.3) is 44.5 Å². The highest BCUT2D eigenvalue weighted by molar-refractivity contribution is 5.99. The summed E-state index contributed by atoms with van der Waals surface area (Å²) in [6, 6.07) is 13.9. The molecule has 0 aliphatic carbocycles. The summed E-state index contributed by atoms with van der Waals surface area (Å²) in [4.78, 5) is 65.7. The highest BCUT2D eigenvalue weighted by atomic mass is 16.5. The van der Waals surface area contributed by atoms with Crippen molar-refractivity contribution < 1.29 is 14.3 Å². The van der Waals surface area contributed by atoms with Gasteiger partial charge >= 0.3 is 0 Å². The molecule has 4 aliphatic rings. The minimum Gasteiger partial charge on any atom is -0.373 e. The van der Waals surface area contributed by atoms with E-state index in [4.69, 9.17) is 14.7 Å². The summed E-state index contributed by atoms with van der Waals surface area (Å²) in [6.45, 7) is 10.4. The number of nitrogens with zero attached hydrogens (tertiary/aromatic N) is 15. The minimum atomic E-state index is -0.772. The molecule has 67 heavy (non-hydrogen) atoms. The van der Waals surface area contributed by atoms with E-state index in [2.05, 4.69) is 79.7 Å². The van der Waals surface area contributed by atoms with Crippen LogP contribution in [0.15, 0.2) is 84.4 Å². The standard InChI is InChI=1S/C47H52N16O4/c1-57-28-36(24-51-57)40-25-48-44-43(53-40)55-56-62(44)30-38-29-61(18-19-67-38)47-49-21-35(22-50-47)33-4-2-31(3-5-33)26-58-12-10-32(11-13-58)27-59-14-16-60(17-15-59)37-6-7-39-34(20-37)23-52-63(46(39)66)41-8-9-42(64)54-45(41)65/h2-7,20-25,28,32,38,41H,8-19,26-27,29-30H2,1H3,(H,54,64,65)/t38-,41?/m0/s1. The molecule has 0 bridgehead atoms. The summed E-state index contributed by atoms with van der Waals surface area (Å²) in [5, 5.41) is 20.7. The number of aryl methyl sites for hydroxylation is 1.